The summed E-state index contributed by atoms with van der Waals surface area (Å²) in [5.74, 6) is 0.177. The summed E-state index contributed by atoms with van der Waals surface area (Å²) in [6, 6.07) is 33.9. The Hall–Kier alpha value is -4.29. The summed E-state index contributed by atoms with van der Waals surface area (Å²) in [5.41, 5.74) is 5.04. The Morgan fingerprint density at radius 2 is 1.00 bits per heavy atom. The fourth-order valence-corrected chi connectivity index (χ4v) is 5.84. The van der Waals surface area contributed by atoms with Gasteiger partial charge in [0, 0.05) is 67.6 Å². The number of carbonyl (C=O) groups is 2. The highest BCUT2D eigenvalue weighted by molar-refractivity contribution is 5.96. The van der Waals surface area contributed by atoms with E-state index in [9.17, 15) is 9.59 Å². The second-order valence-corrected chi connectivity index (χ2v) is 10.6. The van der Waals surface area contributed by atoms with Crippen LogP contribution >= 0.6 is 0 Å². The molecular weight excluding hydrogens is 496 g/mol. The van der Waals surface area contributed by atoms with Crippen LogP contribution in [0, 0.1) is 0 Å². The number of hydrogen-bond acceptors (Lipinski definition) is 4. The fraction of sp³-hybridized carbons (Fsp3) is 0.265. The topological polar surface area (TPSA) is 56.8 Å². The number of amides is 2. The molecule has 2 fully saturated rings. The highest BCUT2D eigenvalue weighted by atomic mass is 16.2. The van der Waals surface area contributed by atoms with Crippen LogP contribution in [0.15, 0.2) is 103 Å². The minimum Gasteiger partial charge on any atom is -0.339 e. The molecule has 0 saturated carbocycles. The molecule has 0 radical (unpaired) electrons. The molecule has 0 atom stereocenters. The van der Waals surface area contributed by atoms with Gasteiger partial charge < -0.3 is 9.80 Å². The Bertz CT molecular complexity index is 1390. The Balaban J connectivity index is 1.11. The van der Waals surface area contributed by atoms with E-state index in [4.69, 9.17) is 4.98 Å². The third-order valence-corrected chi connectivity index (χ3v) is 8.10. The lowest BCUT2D eigenvalue weighted by molar-refractivity contribution is 0.0412. The van der Waals surface area contributed by atoms with Gasteiger partial charge in [-0.1, -0.05) is 78.9 Å². The molecule has 0 aliphatic carbocycles. The second kappa shape index (κ2) is 11.8. The first kappa shape index (κ1) is 26.0. The van der Waals surface area contributed by atoms with Crippen molar-refractivity contribution in [1.82, 2.24) is 19.7 Å². The van der Waals surface area contributed by atoms with Crippen molar-refractivity contribution in [3.05, 3.63) is 114 Å². The molecule has 2 saturated heterocycles. The number of rotatable bonds is 5. The van der Waals surface area contributed by atoms with Crippen LogP contribution < -0.4 is 0 Å². The largest absolute Gasteiger partial charge is 0.339 e. The van der Waals surface area contributed by atoms with E-state index in [1.54, 1.807) is 0 Å². The van der Waals surface area contributed by atoms with Gasteiger partial charge in [-0.25, -0.2) is 4.98 Å². The van der Waals surface area contributed by atoms with Gasteiger partial charge in [0.15, 0.2) is 0 Å². The van der Waals surface area contributed by atoms with Gasteiger partial charge in [-0.05, 0) is 37.1 Å². The molecule has 2 aliphatic heterocycles. The van der Waals surface area contributed by atoms with Gasteiger partial charge in [-0.3, -0.25) is 14.5 Å². The van der Waals surface area contributed by atoms with Crippen molar-refractivity contribution in [1.29, 1.82) is 0 Å². The number of piperazine rings is 1. The van der Waals surface area contributed by atoms with Crippen molar-refractivity contribution in [2.45, 2.75) is 18.9 Å². The van der Waals surface area contributed by atoms with E-state index in [0.29, 0.717) is 24.7 Å². The van der Waals surface area contributed by atoms with Gasteiger partial charge in [-0.15, -0.1) is 0 Å². The zero-order valence-corrected chi connectivity index (χ0v) is 22.7. The van der Waals surface area contributed by atoms with Gasteiger partial charge in [0.25, 0.3) is 11.8 Å². The molecule has 6 nitrogen and oxygen atoms in total. The van der Waals surface area contributed by atoms with E-state index in [0.717, 1.165) is 67.1 Å². The summed E-state index contributed by atoms with van der Waals surface area (Å²) in [5, 5.41) is 0. The normalized spacial score (nSPS) is 16.6. The first-order chi connectivity index (χ1) is 19.7. The predicted molar refractivity (Wildman–Crippen MR) is 158 cm³/mol. The number of piperidine rings is 1. The van der Waals surface area contributed by atoms with Gasteiger partial charge in [-0.2, -0.15) is 0 Å². The number of carbonyl (C=O) groups excluding carboxylic acids is 2. The highest BCUT2D eigenvalue weighted by Crippen LogP contribution is 2.26. The fourth-order valence-electron chi connectivity index (χ4n) is 5.84. The maximum absolute atomic E-state index is 13.7. The summed E-state index contributed by atoms with van der Waals surface area (Å²) in [6.45, 7) is 4.66. The van der Waals surface area contributed by atoms with Crippen LogP contribution in [-0.2, 0) is 0 Å². The minimum absolute atomic E-state index is 0.0553. The molecule has 202 valence electrons. The number of hydrogen-bond donors (Lipinski definition) is 0. The van der Waals surface area contributed by atoms with Crippen LogP contribution in [0.5, 0.6) is 0 Å². The molecule has 6 heteroatoms. The molecule has 2 amide bonds. The van der Waals surface area contributed by atoms with Gasteiger partial charge >= 0.3 is 0 Å². The molecule has 3 aromatic carbocycles. The Labute approximate surface area is 235 Å². The van der Waals surface area contributed by atoms with Crippen molar-refractivity contribution < 1.29 is 9.59 Å². The molecule has 3 heterocycles. The number of likely N-dealkylation sites (tertiary alicyclic amines) is 1. The van der Waals surface area contributed by atoms with Crippen molar-refractivity contribution in [2.75, 3.05) is 39.3 Å². The predicted octanol–water partition coefficient (Wildman–Crippen LogP) is 5.48. The van der Waals surface area contributed by atoms with Crippen LogP contribution in [0.4, 0.5) is 0 Å². The van der Waals surface area contributed by atoms with E-state index >= 15 is 0 Å². The first-order valence-electron chi connectivity index (χ1n) is 14.2. The lowest BCUT2D eigenvalue weighted by atomic mass is 10.0. The lowest BCUT2D eigenvalue weighted by Crippen LogP contribution is -2.54. The van der Waals surface area contributed by atoms with Crippen LogP contribution in [0.3, 0.4) is 0 Å². The third-order valence-electron chi connectivity index (χ3n) is 8.10. The summed E-state index contributed by atoms with van der Waals surface area (Å²) < 4.78 is 0. The molecule has 1 aromatic heterocycles. The van der Waals surface area contributed by atoms with Crippen LogP contribution in [-0.4, -0.2) is 76.8 Å². The standard InChI is InChI=1S/C34H34N4O2/c39-33(28-14-8-3-9-15-28)37-18-16-30(17-19-37)36-20-22-38(23-21-36)34(40)29-24-31(26-10-4-1-5-11-26)35-32(25-29)27-12-6-2-7-13-27/h1-15,24-25,30H,16-23H2. The molecule has 0 bridgehead atoms. The third kappa shape index (κ3) is 5.68. The van der Waals surface area contributed by atoms with Crippen molar-refractivity contribution in [2.24, 2.45) is 0 Å². The maximum atomic E-state index is 13.7. The summed E-state index contributed by atoms with van der Waals surface area (Å²) >= 11 is 0. The minimum atomic E-state index is 0.0553. The Morgan fingerprint density at radius 3 is 1.52 bits per heavy atom. The summed E-state index contributed by atoms with van der Waals surface area (Å²) in [4.78, 5) is 37.9. The molecule has 2 aliphatic rings. The van der Waals surface area contributed by atoms with E-state index in [1.165, 1.54) is 0 Å². The monoisotopic (exact) mass is 530 g/mol. The zero-order valence-electron chi connectivity index (χ0n) is 22.7. The molecule has 4 aromatic rings. The van der Waals surface area contributed by atoms with Gasteiger partial charge in [0.05, 0.1) is 11.4 Å². The average molecular weight is 531 g/mol. The Kier molecular flexibility index (Phi) is 7.69. The number of aromatic nitrogens is 1. The quantitative estimate of drug-likeness (QED) is 0.343. The molecule has 6 rings (SSSR count). The van der Waals surface area contributed by atoms with Gasteiger partial charge in [0.1, 0.15) is 0 Å². The van der Waals surface area contributed by atoms with Crippen LogP contribution in [0.2, 0.25) is 0 Å². The van der Waals surface area contributed by atoms with E-state index in [-0.39, 0.29) is 11.8 Å². The number of nitrogens with zero attached hydrogens (tertiary/aromatic N) is 4. The highest BCUT2D eigenvalue weighted by Gasteiger charge is 2.31. The smallest absolute Gasteiger partial charge is 0.254 e. The van der Waals surface area contributed by atoms with Crippen molar-refractivity contribution in [3.8, 4) is 22.5 Å². The molecule has 0 spiro atoms. The van der Waals surface area contributed by atoms with Crippen LogP contribution in [0.1, 0.15) is 33.6 Å². The average Bonchev–Trinajstić information content (AvgIpc) is 3.05. The Morgan fingerprint density at radius 1 is 0.550 bits per heavy atom. The van der Waals surface area contributed by atoms with E-state index in [1.807, 2.05) is 113 Å². The van der Waals surface area contributed by atoms with E-state index in [2.05, 4.69) is 4.90 Å². The molecular formula is C34H34N4O2. The number of benzene rings is 3. The van der Waals surface area contributed by atoms with Crippen molar-refractivity contribution in [3.63, 3.8) is 0 Å². The first-order valence-corrected chi connectivity index (χ1v) is 14.2. The second-order valence-electron chi connectivity index (χ2n) is 10.6. The SMILES string of the molecule is O=C(c1ccccc1)N1CCC(N2CCN(C(=O)c3cc(-c4ccccc4)nc(-c4ccccc4)c3)CC2)CC1. The van der Waals surface area contributed by atoms with Crippen LogP contribution in [0.25, 0.3) is 22.5 Å². The summed E-state index contributed by atoms with van der Waals surface area (Å²) in [6.07, 6.45) is 1.94. The van der Waals surface area contributed by atoms with Crippen molar-refractivity contribution >= 4 is 11.8 Å². The lowest BCUT2D eigenvalue weighted by Gasteiger charge is -2.42. The van der Waals surface area contributed by atoms with Gasteiger partial charge in [0.2, 0.25) is 0 Å². The number of pyridine rings is 1. The zero-order chi connectivity index (χ0) is 27.3. The summed E-state index contributed by atoms with van der Waals surface area (Å²) in [7, 11) is 0. The molecule has 0 N–H and O–H groups in total. The van der Waals surface area contributed by atoms with E-state index < -0.39 is 0 Å². The molecule has 0 unspecified atom stereocenters. The molecule has 40 heavy (non-hydrogen) atoms. The maximum Gasteiger partial charge on any atom is 0.254 e.